The maximum absolute atomic E-state index is 11.6. The number of unbranched alkanes of at least 4 members (excludes halogenated alkanes) is 4. The van der Waals surface area contributed by atoms with Crippen LogP contribution in [0, 0.1) is 0 Å². The van der Waals surface area contributed by atoms with E-state index in [1.54, 1.807) is 0 Å². The van der Waals surface area contributed by atoms with E-state index < -0.39 is 18.2 Å². The molecule has 0 radical (unpaired) electrons. The van der Waals surface area contributed by atoms with Crippen LogP contribution < -0.4 is 0 Å². The topological polar surface area (TPSA) is 93.1 Å². The molecular formula is C20H34O6. The summed E-state index contributed by atoms with van der Waals surface area (Å²) in [5, 5.41) is 18.6. The zero-order chi connectivity index (χ0) is 19.9. The molecule has 0 heterocycles. The molecular weight excluding hydrogens is 336 g/mol. The zero-order valence-corrected chi connectivity index (χ0v) is 16.2. The summed E-state index contributed by atoms with van der Waals surface area (Å²) in [6.45, 7) is 10.3. The molecule has 0 aliphatic carbocycles. The number of rotatable bonds is 15. The molecule has 0 amide bonds. The first-order valence-electron chi connectivity index (χ1n) is 9.29. The van der Waals surface area contributed by atoms with Crippen LogP contribution in [-0.4, -0.2) is 41.2 Å². The number of aliphatic hydroxyl groups excluding tert-OH is 2. The third-order valence-corrected chi connectivity index (χ3v) is 3.85. The van der Waals surface area contributed by atoms with Gasteiger partial charge >= 0.3 is 11.9 Å². The highest BCUT2D eigenvalue weighted by molar-refractivity contribution is 5.88. The summed E-state index contributed by atoms with van der Waals surface area (Å²) in [6.07, 6.45) is 5.57. The van der Waals surface area contributed by atoms with Gasteiger partial charge in [0, 0.05) is 24.2 Å². The summed E-state index contributed by atoms with van der Waals surface area (Å²) < 4.78 is 10.3. The number of aliphatic hydroxyl groups is 2. The quantitative estimate of drug-likeness (QED) is 0.199. The summed E-state index contributed by atoms with van der Waals surface area (Å²) in [6, 6.07) is 0. The molecule has 26 heavy (non-hydrogen) atoms. The molecule has 0 aliphatic rings. The highest BCUT2D eigenvalue weighted by Crippen LogP contribution is 2.15. The average molecular weight is 370 g/mol. The van der Waals surface area contributed by atoms with Gasteiger partial charge in [-0.2, -0.15) is 0 Å². The summed E-state index contributed by atoms with van der Waals surface area (Å²) >= 11 is 0. The number of carbonyl (C=O) groups excluding carboxylic acids is 2. The van der Waals surface area contributed by atoms with Crippen LogP contribution in [0.3, 0.4) is 0 Å². The zero-order valence-electron chi connectivity index (χ0n) is 16.2. The maximum Gasteiger partial charge on any atom is 0.336 e. The fourth-order valence-electron chi connectivity index (χ4n) is 2.26. The first-order chi connectivity index (χ1) is 12.3. The lowest BCUT2D eigenvalue weighted by atomic mass is 10.0. The van der Waals surface area contributed by atoms with E-state index in [9.17, 15) is 14.7 Å². The highest BCUT2D eigenvalue weighted by atomic mass is 16.7. The van der Waals surface area contributed by atoms with Gasteiger partial charge in [0.25, 0.3) is 0 Å². The lowest BCUT2D eigenvalue weighted by Gasteiger charge is -2.18. The van der Waals surface area contributed by atoms with E-state index in [-0.39, 0.29) is 23.9 Å². The highest BCUT2D eigenvalue weighted by Gasteiger charge is 2.19. The summed E-state index contributed by atoms with van der Waals surface area (Å²) in [5.74, 6) is -1.19. The van der Waals surface area contributed by atoms with E-state index in [1.807, 2.05) is 0 Å². The van der Waals surface area contributed by atoms with Gasteiger partial charge in [0.1, 0.15) is 0 Å². The van der Waals surface area contributed by atoms with Crippen LogP contribution >= 0.6 is 0 Å². The molecule has 150 valence electrons. The van der Waals surface area contributed by atoms with Crippen molar-refractivity contribution in [2.75, 3.05) is 6.61 Å². The molecule has 1 unspecified atom stereocenters. The van der Waals surface area contributed by atoms with Crippen LogP contribution in [-0.2, 0) is 19.1 Å². The van der Waals surface area contributed by atoms with Gasteiger partial charge in [0.2, 0.25) is 6.29 Å². The van der Waals surface area contributed by atoms with E-state index in [0.29, 0.717) is 19.3 Å². The van der Waals surface area contributed by atoms with E-state index >= 15 is 0 Å². The molecule has 0 aromatic rings. The van der Waals surface area contributed by atoms with Gasteiger partial charge in [0.05, 0.1) is 6.10 Å². The third-order valence-electron chi connectivity index (χ3n) is 3.85. The molecule has 0 saturated heterocycles. The number of carbonyl (C=O) groups is 2. The second-order valence-electron chi connectivity index (χ2n) is 6.67. The normalized spacial score (nSPS) is 11.9. The molecule has 0 spiro atoms. The second-order valence-corrected chi connectivity index (χ2v) is 6.67. The van der Waals surface area contributed by atoms with Crippen molar-refractivity contribution in [2.45, 2.75) is 84.0 Å². The minimum atomic E-state index is -0.952. The Morgan fingerprint density at radius 3 is 1.65 bits per heavy atom. The Morgan fingerprint density at radius 1 is 0.808 bits per heavy atom. The number of ether oxygens (including phenoxy) is 2. The Morgan fingerprint density at radius 2 is 1.23 bits per heavy atom. The van der Waals surface area contributed by atoms with Crippen LogP contribution in [0.5, 0.6) is 0 Å². The smallest absolute Gasteiger partial charge is 0.336 e. The summed E-state index contributed by atoms with van der Waals surface area (Å²) in [7, 11) is 0. The molecule has 2 N–H and O–H groups in total. The van der Waals surface area contributed by atoms with Crippen LogP contribution in [0.4, 0.5) is 0 Å². The molecule has 6 heteroatoms. The maximum atomic E-state index is 11.6. The van der Waals surface area contributed by atoms with Crippen molar-refractivity contribution in [2.24, 2.45) is 0 Å². The first-order valence-corrected chi connectivity index (χ1v) is 9.29. The third kappa shape index (κ3) is 12.7. The molecule has 0 aromatic heterocycles. The Labute approximate surface area is 156 Å². The molecule has 0 bridgehead atoms. The standard InChI is InChI=1S/C20H34O6/c1-15(2)19(23)25-18(26-20(24)16(3)4)13-9-5-7-11-17(22)12-8-6-10-14-21/h17-18,21-22H,1,3,5-14H2,2,4H3. The van der Waals surface area contributed by atoms with E-state index in [1.165, 1.54) is 13.8 Å². The van der Waals surface area contributed by atoms with Gasteiger partial charge in [-0.1, -0.05) is 38.8 Å². The summed E-state index contributed by atoms with van der Waals surface area (Å²) in [4.78, 5) is 23.3. The molecule has 1 atom stereocenters. The SMILES string of the molecule is C=C(C)C(=O)OC(CCCCCC(O)CCCCCO)OC(=O)C(=C)C. The number of hydrogen-bond donors (Lipinski definition) is 2. The van der Waals surface area contributed by atoms with Gasteiger partial charge in [-0.15, -0.1) is 0 Å². The second kappa shape index (κ2) is 14.5. The van der Waals surface area contributed by atoms with Crippen molar-refractivity contribution in [1.82, 2.24) is 0 Å². The lowest BCUT2D eigenvalue weighted by molar-refractivity contribution is -0.183. The van der Waals surface area contributed by atoms with Crippen molar-refractivity contribution in [1.29, 1.82) is 0 Å². The van der Waals surface area contributed by atoms with Crippen LogP contribution in [0.2, 0.25) is 0 Å². The van der Waals surface area contributed by atoms with Crippen LogP contribution in [0.1, 0.15) is 71.6 Å². The van der Waals surface area contributed by atoms with Crippen molar-refractivity contribution in [3.05, 3.63) is 24.3 Å². The van der Waals surface area contributed by atoms with Gasteiger partial charge in [-0.05, 0) is 39.5 Å². The predicted molar refractivity (Wildman–Crippen MR) is 100 cm³/mol. The van der Waals surface area contributed by atoms with Crippen molar-refractivity contribution in [3.8, 4) is 0 Å². The van der Waals surface area contributed by atoms with E-state index in [0.717, 1.165) is 38.5 Å². The molecule has 0 fully saturated rings. The van der Waals surface area contributed by atoms with Crippen molar-refractivity contribution >= 4 is 11.9 Å². The van der Waals surface area contributed by atoms with Gasteiger partial charge in [0.15, 0.2) is 0 Å². The molecule has 6 nitrogen and oxygen atoms in total. The number of esters is 2. The Balaban J connectivity index is 4.11. The van der Waals surface area contributed by atoms with Crippen molar-refractivity contribution in [3.63, 3.8) is 0 Å². The van der Waals surface area contributed by atoms with Gasteiger partial charge in [-0.3, -0.25) is 0 Å². The minimum absolute atomic E-state index is 0.198. The minimum Gasteiger partial charge on any atom is -0.422 e. The average Bonchev–Trinajstić information content (AvgIpc) is 2.57. The Kier molecular flexibility index (Phi) is 13.6. The van der Waals surface area contributed by atoms with Crippen LogP contribution in [0.15, 0.2) is 24.3 Å². The van der Waals surface area contributed by atoms with Crippen molar-refractivity contribution < 1.29 is 29.3 Å². The van der Waals surface area contributed by atoms with Gasteiger partial charge in [-0.25, -0.2) is 9.59 Å². The number of hydrogen-bond acceptors (Lipinski definition) is 6. The molecule has 0 rings (SSSR count). The molecule has 0 aromatic carbocycles. The largest absolute Gasteiger partial charge is 0.422 e. The lowest BCUT2D eigenvalue weighted by Crippen LogP contribution is -2.25. The molecule has 0 saturated carbocycles. The van der Waals surface area contributed by atoms with E-state index in [4.69, 9.17) is 14.6 Å². The fraction of sp³-hybridized carbons (Fsp3) is 0.700. The predicted octanol–water partition coefficient (Wildman–Crippen LogP) is 3.42. The van der Waals surface area contributed by atoms with Crippen LogP contribution in [0.25, 0.3) is 0 Å². The first kappa shape index (κ1) is 24.3. The molecule has 0 aliphatic heterocycles. The van der Waals surface area contributed by atoms with Gasteiger partial charge < -0.3 is 19.7 Å². The Bertz CT molecular complexity index is 429. The van der Waals surface area contributed by atoms with E-state index in [2.05, 4.69) is 13.2 Å². The monoisotopic (exact) mass is 370 g/mol. The fourth-order valence-corrected chi connectivity index (χ4v) is 2.26. The summed E-state index contributed by atoms with van der Waals surface area (Å²) in [5.41, 5.74) is 0.483. The Hall–Kier alpha value is -1.66.